The second-order valence-electron chi connectivity index (χ2n) is 8.43. The van der Waals surface area contributed by atoms with Crippen LogP contribution in [0.4, 0.5) is 0 Å². The number of thioether (sulfide) groups is 1. The van der Waals surface area contributed by atoms with Gasteiger partial charge in [-0.3, -0.25) is 14.2 Å². The summed E-state index contributed by atoms with van der Waals surface area (Å²) in [5.74, 6) is 0.0312. The van der Waals surface area contributed by atoms with Crippen LogP contribution in [0.15, 0.2) is 22.6 Å². The third-order valence-electron chi connectivity index (χ3n) is 6.25. The molecule has 10 heteroatoms. The van der Waals surface area contributed by atoms with Crippen molar-refractivity contribution in [2.75, 3.05) is 18.1 Å². The third-order valence-corrected chi connectivity index (χ3v) is 10.3. The van der Waals surface area contributed by atoms with Crippen molar-refractivity contribution in [1.82, 2.24) is 14.5 Å². The topological polar surface area (TPSA) is 89.3 Å². The molecule has 3 heterocycles. The Morgan fingerprint density at radius 2 is 2.16 bits per heavy atom. The average Bonchev–Trinajstić information content (AvgIpc) is 3.30. The van der Waals surface area contributed by atoms with Crippen LogP contribution >= 0.6 is 23.1 Å². The van der Waals surface area contributed by atoms with E-state index in [1.54, 1.807) is 33.8 Å². The van der Waals surface area contributed by atoms with Crippen molar-refractivity contribution in [2.45, 2.75) is 68.9 Å². The normalized spacial score (nSPS) is 20.8. The number of rotatable bonds is 7. The van der Waals surface area contributed by atoms with Gasteiger partial charge >= 0.3 is 0 Å². The Bertz CT molecular complexity index is 1220. The summed E-state index contributed by atoms with van der Waals surface area (Å²) in [5, 5.41) is 0.742. The third kappa shape index (κ3) is 4.41. The van der Waals surface area contributed by atoms with E-state index in [0.717, 1.165) is 41.5 Å². The van der Waals surface area contributed by atoms with Gasteiger partial charge in [0.05, 0.1) is 22.1 Å². The maximum atomic E-state index is 13.4. The van der Waals surface area contributed by atoms with Gasteiger partial charge in [0.25, 0.3) is 5.56 Å². The van der Waals surface area contributed by atoms with E-state index in [4.69, 9.17) is 4.98 Å². The fourth-order valence-electron chi connectivity index (χ4n) is 4.66. The lowest BCUT2D eigenvalue weighted by molar-refractivity contribution is -0.131. The number of hydrogen-bond donors (Lipinski definition) is 0. The molecule has 1 saturated heterocycles. The second-order valence-corrected chi connectivity index (χ2v) is 13.1. The summed E-state index contributed by atoms with van der Waals surface area (Å²) in [6.45, 7) is 8.24. The van der Waals surface area contributed by atoms with Crippen molar-refractivity contribution in [3.63, 3.8) is 0 Å². The highest BCUT2D eigenvalue weighted by atomic mass is 32.2. The summed E-state index contributed by atoms with van der Waals surface area (Å²) in [4.78, 5) is 35.1. The Kier molecular flexibility index (Phi) is 6.84. The van der Waals surface area contributed by atoms with E-state index in [2.05, 4.69) is 6.58 Å². The van der Waals surface area contributed by atoms with Crippen molar-refractivity contribution in [2.24, 2.45) is 0 Å². The SMILES string of the molecule is C=CCn1c(SC(C)C(=O)N(CC)C2CCS(=O)(=O)C2)nc2sc3c(c2c1=O)CCCC3. The van der Waals surface area contributed by atoms with E-state index < -0.39 is 15.1 Å². The molecule has 2 unspecified atom stereocenters. The van der Waals surface area contributed by atoms with Gasteiger partial charge in [0.15, 0.2) is 15.0 Å². The number of fused-ring (bicyclic) bond motifs is 3. The predicted octanol–water partition coefficient (Wildman–Crippen LogP) is 3.04. The molecule has 4 rings (SSSR count). The molecule has 174 valence electrons. The standard InChI is InChI=1S/C22H29N3O4S3/c1-4-11-25-21(27)18-16-8-6-7-9-17(16)31-19(18)23-22(25)30-14(3)20(26)24(5-2)15-10-12-32(28,29)13-15/h4,14-15H,1,5-13H2,2-3H3. The van der Waals surface area contributed by atoms with E-state index in [9.17, 15) is 18.0 Å². The van der Waals surface area contributed by atoms with E-state index in [1.165, 1.54) is 16.6 Å². The zero-order valence-corrected chi connectivity index (χ0v) is 21.0. The average molecular weight is 496 g/mol. The highest BCUT2D eigenvalue weighted by Crippen LogP contribution is 2.35. The Morgan fingerprint density at radius 1 is 1.41 bits per heavy atom. The minimum absolute atomic E-state index is 0.0239. The molecule has 0 N–H and O–H groups in total. The van der Waals surface area contributed by atoms with Crippen LogP contribution < -0.4 is 5.56 Å². The predicted molar refractivity (Wildman–Crippen MR) is 130 cm³/mol. The van der Waals surface area contributed by atoms with Crippen LogP contribution in [0.2, 0.25) is 0 Å². The number of hydrogen-bond acceptors (Lipinski definition) is 7. The lowest BCUT2D eigenvalue weighted by Gasteiger charge is -2.29. The number of sulfone groups is 1. The minimum Gasteiger partial charge on any atom is -0.338 e. The maximum Gasteiger partial charge on any atom is 0.263 e. The van der Waals surface area contributed by atoms with Crippen molar-refractivity contribution in [3.05, 3.63) is 33.4 Å². The molecule has 1 aliphatic heterocycles. The van der Waals surface area contributed by atoms with Crippen LogP contribution in [0.25, 0.3) is 10.2 Å². The zero-order chi connectivity index (χ0) is 23.0. The Hall–Kier alpha value is -1.65. The molecule has 0 radical (unpaired) electrons. The molecule has 7 nitrogen and oxygen atoms in total. The summed E-state index contributed by atoms with van der Waals surface area (Å²) in [7, 11) is -3.08. The van der Waals surface area contributed by atoms with Gasteiger partial charge in [-0.2, -0.15) is 0 Å². The fraction of sp³-hybridized carbons (Fsp3) is 0.591. The van der Waals surface area contributed by atoms with E-state index in [1.807, 2.05) is 6.92 Å². The maximum absolute atomic E-state index is 13.4. The number of carbonyl (C=O) groups is 1. The van der Waals surface area contributed by atoms with Crippen LogP contribution in [0.3, 0.4) is 0 Å². The number of aryl methyl sites for hydroxylation is 2. The van der Waals surface area contributed by atoms with Crippen LogP contribution in [0.1, 0.15) is 43.6 Å². The number of aromatic nitrogens is 2. The first-order valence-corrected chi connectivity index (χ1v) is 14.6. The van der Waals surface area contributed by atoms with Crippen LogP contribution in [0, 0.1) is 0 Å². The largest absolute Gasteiger partial charge is 0.338 e. The van der Waals surface area contributed by atoms with E-state index >= 15 is 0 Å². The Morgan fingerprint density at radius 3 is 2.81 bits per heavy atom. The summed E-state index contributed by atoms with van der Waals surface area (Å²) in [6, 6.07) is -0.282. The van der Waals surface area contributed by atoms with Crippen LogP contribution in [0.5, 0.6) is 0 Å². The fourth-order valence-corrected chi connectivity index (χ4v) is 8.68. The number of nitrogens with zero attached hydrogens (tertiary/aromatic N) is 3. The van der Waals surface area contributed by atoms with Gasteiger partial charge in [-0.1, -0.05) is 17.8 Å². The first-order chi connectivity index (χ1) is 15.3. The summed E-state index contributed by atoms with van der Waals surface area (Å²) >= 11 is 2.86. The molecular weight excluding hydrogens is 466 g/mol. The van der Waals surface area contributed by atoms with Gasteiger partial charge < -0.3 is 4.90 Å². The molecule has 0 spiro atoms. The van der Waals surface area contributed by atoms with Gasteiger partial charge in [-0.05, 0) is 51.5 Å². The molecule has 32 heavy (non-hydrogen) atoms. The highest BCUT2D eigenvalue weighted by molar-refractivity contribution is 8.00. The molecular formula is C22H29N3O4S3. The monoisotopic (exact) mass is 495 g/mol. The van der Waals surface area contributed by atoms with Gasteiger partial charge in [-0.25, -0.2) is 13.4 Å². The number of thiophene rings is 1. The van der Waals surface area contributed by atoms with Crippen molar-refractivity contribution >= 4 is 49.1 Å². The lowest BCUT2D eigenvalue weighted by atomic mass is 9.97. The van der Waals surface area contributed by atoms with Gasteiger partial charge in [0.2, 0.25) is 5.91 Å². The molecule has 0 aromatic carbocycles. The first kappa shape index (κ1) is 23.5. The Labute approximate surface area is 196 Å². The smallest absolute Gasteiger partial charge is 0.263 e. The molecule has 2 aromatic heterocycles. The summed E-state index contributed by atoms with van der Waals surface area (Å²) < 4.78 is 25.4. The quantitative estimate of drug-likeness (QED) is 0.333. The molecule has 0 bridgehead atoms. The van der Waals surface area contributed by atoms with Gasteiger partial charge in [0, 0.05) is 24.0 Å². The molecule has 2 aliphatic rings. The molecule has 2 atom stereocenters. The second kappa shape index (κ2) is 9.30. The molecule has 0 saturated carbocycles. The van der Waals surface area contributed by atoms with Crippen molar-refractivity contribution < 1.29 is 13.2 Å². The summed E-state index contributed by atoms with van der Waals surface area (Å²) in [6.07, 6.45) is 6.28. The van der Waals surface area contributed by atoms with E-state index in [-0.39, 0.29) is 29.0 Å². The van der Waals surface area contributed by atoms with Crippen LogP contribution in [-0.2, 0) is 34.0 Å². The first-order valence-electron chi connectivity index (χ1n) is 11.1. The van der Waals surface area contributed by atoms with Gasteiger partial charge in [0.1, 0.15) is 4.83 Å². The molecule has 2 aromatic rings. The lowest BCUT2D eigenvalue weighted by Crippen LogP contribution is -2.44. The van der Waals surface area contributed by atoms with Crippen LogP contribution in [-0.4, -0.2) is 58.1 Å². The number of allylic oxidation sites excluding steroid dienone is 1. The molecule has 1 aliphatic carbocycles. The number of carbonyl (C=O) groups excluding carboxylic acids is 1. The molecule has 1 fully saturated rings. The molecule has 1 amide bonds. The summed E-state index contributed by atoms with van der Waals surface area (Å²) in [5.41, 5.74) is 1.08. The zero-order valence-electron chi connectivity index (χ0n) is 18.5. The Balaban J connectivity index is 1.65. The van der Waals surface area contributed by atoms with Crippen molar-refractivity contribution in [3.8, 4) is 0 Å². The van der Waals surface area contributed by atoms with Gasteiger partial charge in [-0.15, -0.1) is 17.9 Å². The minimum atomic E-state index is -3.08. The van der Waals surface area contributed by atoms with E-state index in [0.29, 0.717) is 24.7 Å². The number of amides is 1. The van der Waals surface area contributed by atoms with Crippen molar-refractivity contribution in [1.29, 1.82) is 0 Å². The highest BCUT2D eigenvalue weighted by Gasteiger charge is 2.36.